The molecular weight excluding hydrogens is 346 g/mol. The predicted molar refractivity (Wildman–Crippen MR) is 93.8 cm³/mol. The highest BCUT2D eigenvalue weighted by Gasteiger charge is 2.27. The quantitative estimate of drug-likeness (QED) is 0.654. The second-order valence-electron chi connectivity index (χ2n) is 5.39. The number of hydrogen-bond acceptors (Lipinski definition) is 5. The van der Waals surface area contributed by atoms with Crippen LogP contribution in [0.5, 0.6) is 0 Å². The predicted octanol–water partition coefficient (Wildman–Crippen LogP) is 2.30. The van der Waals surface area contributed by atoms with Gasteiger partial charge in [0.15, 0.2) is 0 Å². The molecule has 24 heavy (non-hydrogen) atoms. The zero-order chi connectivity index (χ0) is 17.0. The van der Waals surface area contributed by atoms with E-state index in [0.717, 1.165) is 18.4 Å². The molecule has 1 amide bonds. The molecule has 1 N–H and O–H groups in total. The smallest absolute Gasteiger partial charge is 0.267 e. The lowest BCUT2D eigenvalue weighted by Crippen LogP contribution is -2.28. The van der Waals surface area contributed by atoms with E-state index < -0.39 is 15.9 Å². The van der Waals surface area contributed by atoms with E-state index in [1.807, 2.05) is 16.8 Å². The fourth-order valence-corrected chi connectivity index (χ4v) is 4.63. The Morgan fingerprint density at radius 1 is 1.25 bits per heavy atom. The highest BCUT2D eigenvalue weighted by Crippen LogP contribution is 2.21. The number of amides is 1. The van der Waals surface area contributed by atoms with Crippen molar-refractivity contribution in [2.45, 2.75) is 17.7 Å². The standard InChI is InChI=1S/C16H17N3O3S2/c20-16(18-17-11-13-6-9-23-12-13)14-4-3-5-15(10-14)24(21,22)19-7-1-2-8-19/h3-6,9-12H,1-2,7-8H2,(H,18,20)/b17-11+. The number of carbonyl (C=O) groups excluding carboxylic acids is 1. The van der Waals surface area contributed by atoms with Crippen LogP contribution in [0.25, 0.3) is 0 Å². The number of sulfonamides is 1. The molecule has 0 aliphatic carbocycles. The number of thiophene rings is 1. The van der Waals surface area contributed by atoms with E-state index in [-0.39, 0.29) is 10.5 Å². The molecule has 0 saturated carbocycles. The van der Waals surface area contributed by atoms with E-state index >= 15 is 0 Å². The minimum atomic E-state index is -3.53. The van der Waals surface area contributed by atoms with E-state index in [0.29, 0.717) is 13.1 Å². The number of nitrogens with one attached hydrogen (secondary N) is 1. The summed E-state index contributed by atoms with van der Waals surface area (Å²) in [4.78, 5) is 12.3. The minimum absolute atomic E-state index is 0.138. The number of hydrazone groups is 1. The van der Waals surface area contributed by atoms with Gasteiger partial charge in [-0.1, -0.05) is 6.07 Å². The van der Waals surface area contributed by atoms with Gasteiger partial charge >= 0.3 is 0 Å². The fourth-order valence-electron chi connectivity index (χ4n) is 2.45. The van der Waals surface area contributed by atoms with Crippen LogP contribution in [-0.2, 0) is 10.0 Å². The number of nitrogens with zero attached hydrogens (tertiary/aromatic N) is 2. The van der Waals surface area contributed by atoms with Crippen LogP contribution in [0.2, 0.25) is 0 Å². The average molecular weight is 363 g/mol. The molecule has 1 aromatic carbocycles. The number of carbonyl (C=O) groups is 1. The zero-order valence-electron chi connectivity index (χ0n) is 12.9. The first-order chi connectivity index (χ1) is 11.6. The molecule has 6 nitrogen and oxygen atoms in total. The van der Waals surface area contributed by atoms with Crippen molar-refractivity contribution in [2.24, 2.45) is 5.10 Å². The number of rotatable bonds is 5. The van der Waals surface area contributed by atoms with Gasteiger partial charge in [0.05, 0.1) is 11.1 Å². The van der Waals surface area contributed by atoms with Crippen LogP contribution in [0, 0.1) is 0 Å². The lowest BCUT2D eigenvalue weighted by molar-refractivity contribution is 0.0955. The number of hydrogen-bond donors (Lipinski definition) is 1. The third-order valence-electron chi connectivity index (χ3n) is 3.72. The second-order valence-corrected chi connectivity index (χ2v) is 8.11. The van der Waals surface area contributed by atoms with Gasteiger partial charge in [-0.25, -0.2) is 13.8 Å². The Kier molecular flexibility index (Phi) is 5.08. The van der Waals surface area contributed by atoms with Gasteiger partial charge in [0.2, 0.25) is 10.0 Å². The van der Waals surface area contributed by atoms with Crippen molar-refractivity contribution >= 4 is 33.5 Å². The lowest BCUT2D eigenvalue weighted by Gasteiger charge is -2.15. The summed E-state index contributed by atoms with van der Waals surface area (Å²) in [5.41, 5.74) is 3.57. The molecular formula is C16H17N3O3S2. The van der Waals surface area contributed by atoms with Crippen LogP contribution in [0.3, 0.4) is 0 Å². The summed E-state index contributed by atoms with van der Waals surface area (Å²) in [6, 6.07) is 7.92. The summed E-state index contributed by atoms with van der Waals surface area (Å²) >= 11 is 1.54. The van der Waals surface area contributed by atoms with E-state index in [2.05, 4.69) is 10.5 Å². The monoisotopic (exact) mass is 363 g/mol. The summed E-state index contributed by atoms with van der Waals surface area (Å²) in [5, 5.41) is 7.70. The Morgan fingerprint density at radius 2 is 2.04 bits per heavy atom. The first-order valence-corrected chi connectivity index (χ1v) is 9.91. The van der Waals surface area contributed by atoms with Crippen LogP contribution < -0.4 is 5.43 Å². The molecule has 2 heterocycles. The van der Waals surface area contributed by atoms with Crippen LogP contribution in [0.4, 0.5) is 0 Å². The Morgan fingerprint density at radius 3 is 2.75 bits per heavy atom. The minimum Gasteiger partial charge on any atom is -0.267 e. The molecule has 3 rings (SSSR count). The first-order valence-electron chi connectivity index (χ1n) is 7.53. The molecule has 0 atom stereocenters. The molecule has 126 valence electrons. The van der Waals surface area contributed by atoms with Gasteiger partial charge in [-0.15, -0.1) is 0 Å². The highest BCUT2D eigenvalue weighted by atomic mass is 32.2. The van der Waals surface area contributed by atoms with Crippen LogP contribution in [-0.4, -0.2) is 37.9 Å². The molecule has 2 aromatic rings. The van der Waals surface area contributed by atoms with Crippen molar-refractivity contribution in [1.82, 2.24) is 9.73 Å². The summed E-state index contributed by atoms with van der Waals surface area (Å²) in [6.07, 6.45) is 3.28. The molecule has 0 spiro atoms. The third kappa shape index (κ3) is 3.72. The maximum absolute atomic E-state index is 12.5. The van der Waals surface area contributed by atoms with Gasteiger partial charge in [-0.2, -0.15) is 20.7 Å². The maximum Gasteiger partial charge on any atom is 0.271 e. The zero-order valence-corrected chi connectivity index (χ0v) is 14.5. The highest BCUT2D eigenvalue weighted by molar-refractivity contribution is 7.89. The van der Waals surface area contributed by atoms with Crippen molar-refractivity contribution in [3.63, 3.8) is 0 Å². The topological polar surface area (TPSA) is 78.8 Å². The van der Waals surface area contributed by atoms with Crippen molar-refractivity contribution in [2.75, 3.05) is 13.1 Å². The molecule has 0 unspecified atom stereocenters. The van der Waals surface area contributed by atoms with Gasteiger partial charge < -0.3 is 0 Å². The molecule has 1 aromatic heterocycles. The summed E-state index contributed by atoms with van der Waals surface area (Å²) < 4.78 is 26.5. The first kappa shape index (κ1) is 16.8. The van der Waals surface area contributed by atoms with Gasteiger partial charge in [0, 0.05) is 24.2 Å². The van der Waals surface area contributed by atoms with Crippen LogP contribution in [0.1, 0.15) is 28.8 Å². The van der Waals surface area contributed by atoms with E-state index in [9.17, 15) is 13.2 Å². The molecule has 1 aliphatic rings. The van der Waals surface area contributed by atoms with Gasteiger partial charge in [-0.05, 0) is 47.9 Å². The van der Waals surface area contributed by atoms with Crippen LogP contribution >= 0.6 is 11.3 Å². The largest absolute Gasteiger partial charge is 0.271 e. The normalized spacial score (nSPS) is 15.8. The van der Waals surface area contributed by atoms with Crippen molar-refractivity contribution < 1.29 is 13.2 Å². The maximum atomic E-state index is 12.5. The average Bonchev–Trinajstić information content (AvgIpc) is 3.29. The summed E-state index contributed by atoms with van der Waals surface area (Å²) in [6.45, 7) is 1.06. The Bertz CT molecular complexity index is 839. The van der Waals surface area contributed by atoms with E-state index in [4.69, 9.17) is 0 Å². The SMILES string of the molecule is O=C(N/N=C/c1ccsc1)c1cccc(S(=O)(=O)N2CCCC2)c1. The van der Waals surface area contributed by atoms with Gasteiger partial charge in [0.25, 0.3) is 5.91 Å². The van der Waals surface area contributed by atoms with E-state index in [1.165, 1.54) is 27.8 Å². The summed E-state index contributed by atoms with van der Waals surface area (Å²) in [5.74, 6) is -0.444. The van der Waals surface area contributed by atoms with E-state index in [1.54, 1.807) is 18.3 Å². The van der Waals surface area contributed by atoms with Gasteiger partial charge in [-0.3, -0.25) is 4.79 Å². The molecule has 1 fully saturated rings. The molecule has 0 radical (unpaired) electrons. The van der Waals surface area contributed by atoms with Crippen molar-refractivity contribution in [1.29, 1.82) is 0 Å². The Labute approximate surface area is 144 Å². The summed E-state index contributed by atoms with van der Waals surface area (Å²) in [7, 11) is -3.53. The van der Waals surface area contributed by atoms with Crippen molar-refractivity contribution in [3.8, 4) is 0 Å². The second kappa shape index (κ2) is 7.25. The molecule has 1 aliphatic heterocycles. The van der Waals surface area contributed by atoms with Gasteiger partial charge in [0.1, 0.15) is 0 Å². The lowest BCUT2D eigenvalue weighted by atomic mass is 10.2. The molecule has 0 bridgehead atoms. The molecule has 1 saturated heterocycles. The molecule has 8 heteroatoms. The van der Waals surface area contributed by atoms with Crippen molar-refractivity contribution in [3.05, 3.63) is 52.2 Å². The Balaban J connectivity index is 1.73. The van der Waals surface area contributed by atoms with Crippen LogP contribution in [0.15, 0.2) is 51.1 Å². The Hall–Kier alpha value is -2.03. The third-order valence-corrected chi connectivity index (χ3v) is 6.32. The fraction of sp³-hybridized carbons (Fsp3) is 0.250. The number of benzene rings is 1.